The molecule has 3 rings (SSSR count). The molecule has 1 aromatic carbocycles. The number of H-pyrrole nitrogens is 1. The summed E-state index contributed by atoms with van der Waals surface area (Å²) in [5.41, 5.74) is 0.916. The Bertz CT molecular complexity index is 897. The van der Waals surface area contributed by atoms with Crippen LogP contribution < -0.4 is 10.9 Å². The molecule has 25 heavy (non-hydrogen) atoms. The van der Waals surface area contributed by atoms with E-state index in [4.69, 9.17) is 17.0 Å². The molecule has 2 aromatic rings. The largest absolute Gasteiger partial charge is 0.378 e. The maximum Gasteiger partial charge on any atom is 0.261 e. The van der Waals surface area contributed by atoms with Gasteiger partial charge in [0.15, 0.2) is 4.77 Å². The lowest BCUT2D eigenvalue weighted by molar-refractivity contribution is 0.0899. The van der Waals surface area contributed by atoms with Gasteiger partial charge in [-0.1, -0.05) is 0 Å². The monoisotopic (exact) mass is 361 g/mol. The lowest BCUT2D eigenvalue weighted by Crippen LogP contribution is -2.33. The average Bonchev–Trinajstić information content (AvgIpc) is 3.11. The van der Waals surface area contributed by atoms with E-state index >= 15 is 0 Å². The maximum atomic E-state index is 12.5. The number of fused-ring (bicyclic) bond motifs is 1. The molecule has 1 fully saturated rings. The molecule has 0 aliphatic carbocycles. The van der Waals surface area contributed by atoms with Gasteiger partial charge in [-0.15, -0.1) is 0 Å². The molecule has 2 heterocycles. The summed E-state index contributed by atoms with van der Waals surface area (Å²) in [7, 11) is 1.62. The van der Waals surface area contributed by atoms with Crippen molar-refractivity contribution in [1.29, 1.82) is 0 Å². The smallest absolute Gasteiger partial charge is 0.261 e. The minimum Gasteiger partial charge on any atom is -0.378 e. The number of aromatic nitrogens is 2. The van der Waals surface area contributed by atoms with Crippen LogP contribution in [0.15, 0.2) is 23.0 Å². The second kappa shape index (κ2) is 7.49. The Hall–Kier alpha value is -1.99. The Balaban J connectivity index is 1.70. The number of rotatable bonds is 5. The molecule has 1 aliphatic heterocycles. The zero-order chi connectivity index (χ0) is 18.0. The van der Waals surface area contributed by atoms with Crippen molar-refractivity contribution in [3.05, 3.63) is 38.9 Å². The van der Waals surface area contributed by atoms with Gasteiger partial charge in [-0.3, -0.25) is 14.2 Å². The fourth-order valence-corrected chi connectivity index (χ4v) is 3.33. The van der Waals surface area contributed by atoms with Crippen molar-refractivity contribution >= 4 is 29.0 Å². The van der Waals surface area contributed by atoms with Crippen molar-refractivity contribution in [3.8, 4) is 0 Å². The first-order valence-corrected chi connectivity index (χ1v) is 9.02. The van der Waals surface area contributed by atoms with Crippen molar-refractivity contribution in [1.82, 2.24) is 14.9 Å². The number of aromatic amines is 1. The molecule has 0 saturated carbocycles. The summed E-state index contributed by atoms with van der Waals surface area (Å²) in [6.07, 6.45) is 4.41. The molecule has 1 saturated heterocycles. The Labute approximate surface area is 151 Å². The van der Waals surface area contributed by atoms with Gasteiger partial charge in [-0.05, 0) is 63.0 Å². The second-order valence-electron chi connectivity index (χ2n) is 6.64. The van der Waals surface area contributed by atoms with E-state index < -0.39 is 0 Å². The highest BCUT2D eigenvalue weighted by atomic mass is 32.1. The summed E-state index contributed by atoms with van der Waals surface area (Å²) in [5.74, 6) is -0.151. The van der Waals surface area contributed by atoms with Gasteiger partial charge in [0.25, 0.3) is 11.5 Å². The van der Waals surface area contributed by atoms with Crippen molar-refractivity contribution in [2.24, 2.45) is 7.05 Å². The van der Waals surface area contributed by atoms with E-state index in [1.54, 1.807) is 25.2 Å². The Kier molecular flexibility index (Phi) is 5.34. The van der Waals surface area contributed by atoms with E-state index in [-0.39, 0.29) is 17.5 Å². The highest BCUT2D eigenvalue weighted by Gasteiger charge is 2.17. The van der Waals surface area contributed by atoms with Crippen LogP contribution in [0.4, 0.5) is 0 Å². The van der Waals surface area contributed by atoms with E-state index in [1.807, 2.05) is 6.92 Å². The standard InChI is InChI=1S/C18H23N3O3S/c1-11(5-7-13-4-3-9-24-13)19-16(22)12-6-8-14-15(10-12)20-18(25)21(2)17(14)23/h6,8,10-11,13H,3-5,7,9H2,1-2H3,(H,19,22)(H,20,25)/t11-,13+/m0/s1. The van der Waals surface area contributed by atoms with Crippen LogP contribution in [-0.4, -0.2) is 34.2 Å². The van der Waals surface area contributed by atoms with Gasteiger partial charge in [0.2, 0.25) is 0 Å². The van der Waals surface area contributed by atoms with Gasteiger partial charge in [-0.25, -0.2) is 0 Å². The Morgan fingerprint density at radius 2 is 2.32 bits per heavy atom. The number of nitrogens with one attached hydrogen (secondary N) is 2. The molecule has 0 unspecified atom stereocenters. The SMILES string of the molecule is C[C@@H](CC[C@H]1CCCO1)NC(=O)c1ccc2c(=O)n(C)c(=S)[nH]c2c1. The molecule has 0 radical (unpaired) electrons. The molecule has 7 heteroatoms. The molecule has 0 spiro atoms. The molecular formula is C18H23N3O3S. The van der Waals surface area contributed by atoms with Crippen molar-refractivity contribution in [3.63, 3.8) is 0 Å². The van der Waals surface area contributed by atoms with Gasteiger partial charge in [0, 0.05) is 25.3 Å². The van der Waals surface area contributed by atoms with Crippen molar-refractivity contribution in [2.75, 3.05) is 6.61 Å². The third kappa shape index (κ3) is 3.99. The van der Waals surface area contributed by atoms with Crippen LogP contribution in [0.25, 0.3) is 10.9 Å². The second-order valence-corrected chi connectivity index (χ2v) is 7.03. The topological polar surface area (TPSA) is 76.1 Å². The lowest BCUT2D eigenvalue weighted by Gasteiger charge is -2.16. The van der Waals surface area contributed by atoms with E-state index in [0.717, 1.165) is 32.3 Å². The Morgan fingerprint density at radius 3 is 3.04 bits per heavy atom. The number of carbonyl (C=O) groups excluding carboxylic acids is 1. The predicted molar refractivity (Wildman–Crippen MR) is 99.5 cm³/mol. The summed E-state index contributed by atoms with van der Waals surface area (Å²) < 4.78 is 7.33. The molecule has 134 valence electrons. The highest BCUT2D eigenvalue weighted by Crippen LogP contribution is 2.18. The molecule has 6 nitrogen and oxygen atoms in total. The Morgan fingerprint density at radius 1 is 1.52 bits per heavy atom. The molecule has 1 amide bonds. The first-order chi connectivity index (χ1) is 12.0. The van der Waals surface area contributed by atoms with Crippen molar-refractivity contribution in [2.45, 2.75) is 44.8 Å². The molecule has 1 aliphatic rings. The first kappa shape index (κ1) is 17.8. The van der Waals surface area contributed by atoms with Crippen molar-refractivity contribution < 1.29 is 9.53 Å². The van der Waals surface area contributed by atoms with Gasteiger partial charge < -0.3 is 15.0 Å². The number of ether oxygens (including phenoxy) is 1. The fourth-order valence-electron chi connectivity index (χ4n) is 3.13. The number of benzene rings is 1. The van der Waals surface area contributed by atoms with Crippen LogP contribution >= 0.6 is 12.2 Å². The van der Waals surface area contributed by atoms with E-state index in [1.165, 1.54) is 4.57 Å². The maximum absolute atomic E-state index is 12.5. The lowest BCUT2D eigenvalue weighted by atomic mass is 10.1. The van der Waals surface area contributed by atoms with Gasteiger partial charge in [0.05, 0.1) is 17.0 Å². The number of hydrogen-bond donors (Lipinski definition) is 2. The van der Waals surface area contributed by atoms with Gasteiger partial charge in [-0.2, -0.15) is 0 Å². The first-order valence-electron chi connectivity index (χ1n) is 8.61. The van der Waals surface area contributed by atoms with E-state index in [2.05, 4.69) is 10.3 Å². The minimum absolute atomic E-state index is 0.0644. The summed E-state index contributed by atoms with van der Waals surface area (Å²) in [4.78, 5) is 27.6. The third-order valence-electron chi connectivity index (χ3n) is 4.69. The molecule has 2 atom stereocenters. The molecule has 2 N–H and O–H groups in total. The molecular weight excluding hydrogens is 338 g/mol. The number of carbonyl (C=O) groups is 1. The van der Waals surface area contributed by atoms with Crippen LogP contribution in [0.2, 0.25) is 0 Å². The summed E-state index contributed by atoms with van der Waals surface area (Å²) in [5, 5.41) is 3.52. The van der Waals surface area contributed by atoms with Crippen LogP contribution in [0, 0.1) is 4.77 Å². The zero-order valence-electron chi connectivity index (χ0n) is 14.5. The zero-order valence-corrected chi connectivity index (χ0v) is 15.3. The van der Waals surface area contributed by atoms with Crippen LogP contribution in [0.1, 0.15) is 43.0 Å². The average molecular weight is 361 g/mol. The van der Waals surface area contributed by atoms with Crippen LogP contribution in [0.5, 0.6) is 0 Å². The van der Waals surface area contributed by atoms with Gasteiger partial charge in [0.1, 0.15) is 0 Å². The fraction of sp³-hybridized carbons (Fsp3) is 0.500. The third-order valence-corrected chi connectivity index (χ3v) is 5.06. The summed E-state index contributed by atoms with van der Waals surface area (Å²) in [6.45, 7) is 2.85. The van der Waals surface area contributed by atoms with Crippen LogP contribution in [0.3, 0.4) is 0 Å². The van der Waals surface area contributed by atoms with Gasteiger partial charge >= 0.3 is 0 Å². The number of amides is 1. The van der Waals surface area contributed by atoms with E-state index in [9.17, 15) is 9.59 Å². The highest BCUT2D eigenvalue weighted by molar-refractivity contribution is 7.71. The normalized spacial score (nSPS) is 18.4. The molecule has 1 aromatic heterocycles. The summed E-state index contributed by atoms with van der Waals surface area (Å²) >= 11 is 5.13. The van der Waals surface area contributed by atoms with E-state index in [0.29, 0.717) is 27.3 Å². The quantitative estimate of drug-likeness (QED) is 0.803. The summed E-state index contributed by atoms with van der Waals surface area (Å²) in [6, 6.07) is 5.07. The minimum atomic E-state index is -0.171. The molecule has 0 bridgehead atoms. The number of nitrogens with zero attached hydrogens (tertiary/aromatic N) is 1. The number of hydrogen-bond acceptors (Lipinski definition) is 4. The predicted octanol–water partition coefficient (Wildman–Crippen LogP) is 2.67. The van der Waals surface area contributed by atoms with Crippen LogP contribution in [-0.2, 0) is 11.8 Å².